The number of aromatic carboxylic acids is 1. The van der Waals surface area contributed by atoms with Crippen molar-refractivity contribution < 1.29 is 14.4 Å². The van der Waals surface area contributed by atoms with Gasteiger partial charge in [0.1, 0.15) is 5.82 Å². The summed E-state index contributed by atoms with van der Waals surface area (Å²) in [6.07, 6.45) is 1.85. The number of hydrogen-bond acceptors (Lipinski definition) is 6. The Labute approximate surface area is 116 Å². The van der Waals surface area contributed by atoms with Crippen molar-refractivity contribution in [3.05, 3.63) is 35.6 Å². The maximum Gasteiger partial charge on any atom is 0.335 e. The van der Waals surface area contributed by atoms with Gasteiger partial charge in [-0.15, -0.1) is 0 Å². The van der Waals surface area contributed by atoms with E-state index in [9.17, 15) is 4.79 Å². The molecule has 0 atom stereocenters. The van der Waals surface area contributed by atoms with Crippen LogP contribution in [0.4, 0.5) is 5.82 Å². The van der Waals surface area contributed by atoms with Gasteiger partial charge in [-0.3, -0.25) is 0 Å². The highest BCUT2D eigenvalue weighted by atomic mass is 16.5. The second-order valence-corrected chi connectivity index (χ2v) is 4.65. The number of hydrogen-bond donors (Lipinski definition) is 2. The van der Waals surface area contributed by atoms with Gasteiger partial charge in [-0.25, -0.2) is 9.78 Å². The minimum Gasteiger partial charge on any atom is -0.478 e. The molecular weight excluding hydrogens is 260 g/mol. The molecule has 20 heavy (non-hydrogen) atoms. The highest BCUT2D eigenvalue weighted by Crippen LogP contribution is 2.17. The zero-order chi connectivity index (χ0) is 14.5. The van der Waals surface area contributed by atoms with Crippen LogP contribution in [0.3, 0.4) is 0 Å². The molecule has 2 aromatic rings. The Bertz CT molecular complexity index is 581. The lowest BCUT2D eigenvalue weighted by Crippen LogP contribution is -2.10. The first-order valence-corrected chi connectivity index (χ1v) is 6.30. The summed E-state index contributed by atoms with van der Waals surface area (Å²) in [6.45, 7) is 4.49. The van der Waals surface area contributed by atoms with E-state index in [1.54, 1.807) is 6.07 Å². The standard InChI is InChI=1S/C13H16N4O3/c1-8(2)10-5-9(13(18)19)6-12(16-10)14-4-3-11-15-7-20-17-11/h5-8H,3-4H2,1-2H3,(H,14,16)(H,18,19). The number of pyridine rings is 1. The lowest BCUT2D eigenvalue weighted by Gasteiger charge is -2.10. The molecule has 0 aliphatic rings. The van der Waals surface area contributed by atoms with Crippen LogP contribution in [0.25, 0.3) is 0 Å². The molecule has 0 unspecified atom stereocenters. The van der Waals surface area contributed by atoms with E-state index < -0.39 is 5.97 Å². The van der Waals surface area contributed by atoms with E-state index in [1.807, 2.05) is 13.8 Å². The number of carbonyl (C=O) groups is 1. The topological polar surface area (TPSA) is 101 Å². The number of rotatable bonds is 6. The van der Waals surface area contributed by atoms with Crippen LogP contribution in [0.5, 0.6) is 0 Å². The minimum absolute atomic E-state index is 0.159. The number of aromatic nitrogens is 3. The smallest absolute Gasteiger partial charge is 0.335 e. The number of nitrogens with one attached hydrogen (secondary N) is 1. The van der Waals surface area contributed by atoms with Crippen LogP contribution in [0.2, 0.25) is 0 Å². The second-order valence-electron chi connectivity index (χ2n) is 4.65. The van der Waals surface area contributed by atoms with E-state index in [-0.39, 0.29) is 11.5 Å². The third-order valence-electron chi connectivity index (χ3n) is 2.75. The Balaban J connectivity index is 2.07. The molecule has 0 amide bonds. The third-order valence-corrected chi connectivity index (χ3v) is 2.75. The predicted molar refractivity (Wildman–Crippen MR) is 71.8 cm³/mol. The molecule has 0 aromatic carbocycles. The van der Waals surface area contributed by atoms with Gasteiger partial charge in [0.15, 0.2) is 5.82 Å². The van der Waals surface area contributed by atoms with Crippen LogP contribution >= 0.6 is 0 Å². The normalized spacial score (nSPS) is 10.8. The molecule has 0 saturated heterocycles. The summed E-state index contributed by atoms with van der Waals surface area (Å²) in [5.41, 5.74) is 0.970. The van der Waals surface area contributed by atoms with Crippen LogP contribution in [-0.2, 0) is 6.42 Å². The minimum atomic E-state index is -0.962. The summed E-state index contributed by atoms with van der Waals surface area (Å²) in [5.74, 6) is 0.329. The first-order valence-electron chi connectivity index (χ1n) is 6.30. The zero-order valence-corrected chi connectivity index (χ0v) is 11.3. The molecule has 7 nitrogen and oxygen atoms in total. The number of nitrogens with zero attached hydrogens (tertiary/aromatic N) is 3. The van der Waals surface area contributed by atoms with Crippen LogP contribution in [0.1, 0.15) is 41.6 Å². The van der Waals surface area contributed by atoms with Crippen molar-refractivity contribution in [1.82, 2.24) is 15.1 Å². The van der Waals surface area contributed by atoms with Gasteiger partial charge in [0.05, 0.1) is 5.56 Å². The predicted octanol–water partition coefficient (Wildman–Crippen LogP) is 1.94. The van der Waals surface area contributed by atoms with Gasteiger partial charge in [-0.05, 0) is 18.1 Å². The molecule has 2 N–H and O–H groups in total. The lowest BCUT2D eigenvalue weighted by atomic mass is 10.1. The van der Waals surface area contributed by atoms with Crippen molar-refractivity contribution in [3.8, 4) is 0 Å². The third kappa shape index (κ3) is 3.53. The molecule has 7 heteroatoms. The average molecular weight is 276 g/mol. The maximum atomic E-state index is 11.1. The summed E-state index contributed by atoms with van der Waals surface area (Å²) < 4.78 is 4.64. The van der Waals surface area contributed by atoms with E-state index >= 15 is 0 Å². The summed E-state index contributed by atoms with van der Waals surface area (Å²) >= 11 is 0. The quantitative estimate of drug-likeness (QED) is 0.831. The molecule has 2 rings (SSSR count). The molecule has 0 saturated carbocycles. The molecule has 0 radical (unpaired) electrons. The molecular formula is C13H16N4O3. The summed E-state index contributed by atoms with van der Waals surface area (Å²) in [6, 6.07) is 3.11. The first kappa shape index (κ1) is 14.0. The van der Waals surface area contributed by atoms with E-state index in [0.29, 0.717) is 24.6 Å². The van der Waals surface area contributed by atoms with Crippen molar-refractivity contribution in [2.45, 2.75) is 26.2 Å². The van der Waals surface area contributed by atoms with Crippen molar-refractivity contribution in [2.75, 3.05) is 11.9 Å². The van der Waals surface area contributed by atoms with Gasteiger partial charge in [-0.2, -0.15) is 4.98 Å². The zero-order valence-electron chi connectivity index (χ0n) is 11.3. The number of anilines is 1. The van der Waals surface area contributed by atoms with Gasteiger partial charge in [-0.1, -0.05) is 19.0 Å². The van der Waals surface area contributed by atoms with Crippen LogP contribution in [0.15, 0.2) is 23.0 Å². The Morgan fingerprint density at radius 1 is 1.45 bits per heavy atom. The van der Waals surface area contributed by atoms with E-state index in [0.717, 1.165) is 5.69 Å². The summed E-state index contributed by atoms with van der Waals surface area (Å²) in [5, 5.41) is 15.9. The van der Waals surface area contributed by atoms with Crippen LogP contribution in [-0.4, -0.2) is 32.7 Å². The Kier molecular flexibility index (Phi) is 4.29. The Morgan fingerprint density at radius 3 is 2.85 bits per heavy atom. The highest BCUT2D eigenvalue weighted by Gasteiger charge is 2.10. The Morgan fingerprint density at radius 2 is 2.25 bits per heavy atom. The lowest BCUT2D eigenvalue weighted by molar-refractivity contribution is 0.0696. The Hall–Kier alpha value is -2.44. The van der Waals surface area contributed by atoms with Crippen molar-refractivity contribution in [2.24, 2.45) is 0 Å². The van der Waals surface area contributed by atoms with Crippen LogP contribution in [0, 0.1) is 0 Å². The van der Waals surface area contributed by atoms with E-state index in [1.165, 1.54) is 12.5 Å². The number of carboxylic acid groups (broad SMARTS) is 1. The maximum absolute atomic E-state index is 11.1. The molecule has 0 bridgehead atoms. The van der Waals surface area contributed by atoms with E-state index in [2.05, 4.69) is 25.0 Å². The second kappa shape index (κ2) is 6.14. The van der Waals surface area contributed by atoms with Gasteiger partial charge in [0, 0.05) is 18.7 Å². The molecule has 2 heterocycles. The average Bonchev–Trinajstić information content (AvgIpc) is 2.91. The first-order chi connectivity index (χ1) is 9.56. The fourth-order valence-electron chi connectivity index (χ4n) is 1.67. The van der Waals surface area contributed by atoms with Crippen LogP contribution < -0.4 is 5.32 Å². The summed E-state index contributed by atoms with van der Waals surface area (Å²) in [7, 11) is 0. The molecule has 0 fully saturated rings. The molecule has 106 valence electrons. The SMILES string of the molecule is CC(C)c1cc(C(=O)O)cc(NCCc2ncon2)n1. The molecule has 0 spiro atoms. The highest BCUT2D eigenvalue weighted by molar-refractivity contribution is 5.88. The largest absolute Gasteiger partial charge is 0.478 e. The molecule has 0 aliphatic carbocycles. The van der Waals surface area contributed by atoms with Gasteiger partial charge in [0.25, 0.3) is 0 Å². The summed E-state index contributed by atoms with van der Waals surface area (Å²) in [4.78, 5) is 19.4. The fourth-order valence-corrected chi connectivity index (χ4v) is 1.67. The fraction of sp³-hybridized carbons (Fsp3) is 0.385. The van der Waals surface area contributed by atoms with Crippen molar-refractivity contribution >= 4 is 11.8 Å². The number of carboxylic acids is 1. The van der Waals surface area contributed by atoms with Crippen molar-refractivity contribution in [3.63, 3.8) is 0 Å². The van der Waals surface area contributed by atoms with Gasteiger partial charge < -0.3 is 14.9 Å². The van der Waals surface area contributed by atoms with Gasteiger partial charge in [0.2, 0.25) is 6.39 Å². The monoisotopic (exact) mass is 276 g/mol. The van der Waals surface area contributed by atoms with Gasteiger partial charge >= 0.3 is 5.97 Å². The van der Waals surface area contributed by atoms with E-state index in [4.69, 9.17) is 5.11 Å². The molecule has 0 aliphatic heterocycles. The van der Waals surface area contributed by atoms with Crippen molar-refractivity contribution in [1.29, 1.82) is 0 Å². The molecule has 2 aromatic heterocycles.